The van der Waals surface area contributed by atoms with E-state index in [0.717, 1.165) is 5.56 Å². The van der Waals surface area contributed by atoms with Crippen LogP contribution in [-0.4, -0.2) is 6.79 Å². The molecule has 3 nitrogen and oxygen atoms in total. The average molecular weight is 261 g/mol. The molecule has 0 aliphatic rings. The molecule has 2 aromatic rings. The van der Waals surface area contributed by atoms with Crippen molar-refractivity contribution in [1.29, 1.82) is 0 Å². The fourth-order valence-electron chi connectivity index (χ4n) is 1.71. The number of ether oxygens (including phenoxy) is 2. The first-order chi connectivity index (χ1) is 9.31. The maximum absolute atomic E-state index is 13.6. The largest absolute Gasteiger partial charge is 0.464 e. The van der Waals surface area contributed by atoms with Crippen molar-refractivity contribution in [3.63, 3.8) is 0 Å². The standard InChI is InChI=1S/C15H16FNO2/c16-14-8-4-7-13(9-17)15(14)19-11-18-10-12-5-2-1-3-6-12/h1-8H,9-11,17H2. The van der Waals surface area contributed by atoms with E-state index in [-0.39, 0.29) is 19.1 Å². The summed E-state index contributed by atoms with van der Waals surface area (Å²) in [5.74, 6) is -0.260. The summed E-state index contributed by atoms with van der Waals surface area (Å²) < 4.78 is 24.2. The predicted octanol–water partition coefficient (Wildman–Crippen LogP) is 2.84. The second-order valence-corrected chi connectivity index (χ2v) is 4.03. The molecule has 0 aromatic heterocycles. The predicted molar refractivity (Wildman–Crippen MR) is 71.0 cm³/mol. The zero-order valence-corrected chi connectivity index (χ0v) is 10.5. The van der Waals surface area contributed by atoms with Gasteiger partial charge in [0.2, 0.25) is 0 Å². The highest BCUT2D eigenvalue weighted by Gasteiger charge is 2.08. The summed E-state index contributed by atoms with van der Waals surface area (Å²) >= 11 is 0. The Morgan fingerprint density at radius 3 is 2.53 bits per heavy atom. The van der Waals surface area contributed by atoms with Gasteiger partial charge >= 0.3 is 0 Å². The van der Waals surface area contributed by atoms with Gasteiger partial charge in [-0.25, -0.2) is 4.39 Å². The summed E-state index contributed by atoms with van der Waals surface area (Å²) in [6, 6.07) is 14.4. The van der Waals surface area contributed by atoms with Gasteiger partial charge in [-0.2, -0.15) is 0 Å². The number of rotatable bonds is 6. The van der Waals surface area contributed by atoms with Crippen molar-refractivity contribution in [2.75, 3.05) is 6.79 Å². The lowest BCUT2D eigenvalue weighted by atomic mass is 10.2. The fraction of sp³-hybridized carbons (Fsp3) is 0.200. The van der Waals surface area contributed by atoms with Crippen molar-refractivity contribution in [2.24, 2.45) is 5.73 Å². The van der Waals surface area contributed by atoms with Crippen LogP contribution in [0.4, 0.5) is 4.39 Å². The lowest BCUT2D eigenvalue weighted by Crippen LogP contribution is -2.08. The Kier molecular flexibility index (Phi) is 4.89. The van der Waals surface area contributed by atoms with Crippen LogP contribution in [0.15, 0.2) is 48.5 Å². The van der Waals surface area contributed by atoms with Crippen molar-refractivity contribution in [1.82, 2.24) is 0 Å². The van der Waals surface area contributed by atoms with Gasteiger partial charge in [0.05, 0.1) is 6.61 Å². The van der Waals surface area contributed by atoms with Crippen LogP contribution in [0.25, 0.3) is 0 Å². The van der Waals surface area contributed by atoms with Crippen LogP contribution >= 0.6 is 0 Å². The quantitative estimate of drug-likeness (QED) is 0.642. The highest BCUT2D eigenvalue weighted by Crippen LogP contribution is 2.22. The first kappa shape index (κ1) is 13.5. The van der Waals surface area contributed by atoms with E-state index < -0.39 is 5.82 Å². The van der Waals surface area contributed by atoms with Gasteiger partial charge in [-0.05, 0) is 11.6 Å². The Hall–Kier alpha value is -1.91. The molecule has 2 N–H and O–H groups in total. The van der Waals surface area contributed by atoms with Gasteiger partial charge in [-0.1, -0.05) is 42.5 Å². The zero-order chi connectivity index (χ0) is 13.5. The average Bonchev–Trinajstić information content (AvgIpc) is 2.46. The molecule has 0 unspecified atom stereocenters. The van der Waals surface area contributed by atoms with Crippen LogP contribution in [0.3, 0.4) is 0 Å². The second kappa shape index (κ2) is 6.87. The third-order valence-electron chi connectivity index (χ3n) is 2.67. The number of benzene rings is 2. The first-order valence-electron chi connectivity index (χ1n) is 6.03. The molecule has 0 aliphatic carbocycles. The Bertz CT molecular complexity index is 517. The van der Waals surface area contributed by atoms with Crippen LogP contribution in [-0.2, 0) is 17.9 Å². The van der Waals surface area contributed by atoms with Crippen LogP contribution in [0.2, 0.25) is 0 Å². The van der Waals surface area contributed by atoms with E-state index in [4.69, 9.17) is 15.2 Å². The topological polar surface area (TPSA) is 44.5 Å². The molecule has 0 saturated carbocycles. The maximum atomic E-state index is 13.6. The molecule has 19 heavy (non-hydrogen) atoms. The molecule has 0 aliphatic heterocycles. The molecule has 0 saturated heterocycles. The Labute approximate surface area is 111 Å². The molecule has 0 radical (unpaired) electrons. The van der Waals surface area contributed by atoms with Gasteiger partial charge < -0.3 is 15.2 Å². The number of hydrogen-bond acceptors (Lipinski definition) is 3. The molecule has 4 heteroatoms. The SMILES string of the molecule is NCc1cccc(F)c1OCOCc1ccccc1. The molecule has 0 amide bonds. The number of nitrogens with two attached hydrogens (primary N) is 1. The molecule has 0 atom stereocenters. The van der Waals surface area contributed by atoms with Gasteiger partial charge in [0.1, 0.15) is 0 Å². The van der Waals surface area contributed by atoms with Gasteiger partial charge in [-0.3, -0.25) is 0 Å². The number of halogens is 1. The summed E-state index contributed by atoms with van der Waals surface area (Å²) in [4.78, 5) is 0. The molecular formula is C15H16FNO2. The molecule has 2 rings (SSSR count). The van der Waals surface area contributed by atoms with Crippen LogP contribution in [0.1, 0.15) is 11.1 Å². The molecule has 0 fully saturated rings. The molecular weight excluding hydrogens is 245 g/mol. The summed E-state index contributed by atoms with van der Waals surface area (Å²) in [7, 11) is 0. The van der Waals surface area contributed by atoms with Crippen molar-refractivity contribution >= 4 is 0 Å². The Morgan fingerprint density at radius 1 is 1.00 bits per heavy atom. The fourth-order valence-corrected chi connectivity index (χ4v) is 1.71. The van der Waals surface area contributed by atoms with Crippen molar-refractivity contribution in [3.05, 3.63) is 65.5 Å². The minimum absolute atomic E-state index is 0.0111. The summed E-state index contributed by atoms with van der Waals surface area (Å²) in [5, 5.41) is 0. The lowest BCUT2D eigenvalue weighted by molar-refractivity contribution is 0.00250. The third kappa shape index (κ3) is 3.77. The zero-order valence-electron chi connectivity index (χ0n) is 10.5. The molecule has 0 spiro atoms. The van der Waals surface area contributed by atoms with Crippen LogP contribution < -0.4 is 10.5 Å². The highest BCUT2D eigenvalue weighted by atomic mass is 19.1. The smallest absolute Gasteiger partial charge is 0.189 e. The molecule has 2 aromatic carbocycles. The molecule has 0 bridgehead atoms. The van der Waals surface area contributed by atoms with E-state index in [9.17, 15) is 4.39 Å². The molecule has 0 heterocycles. The van der Waals surface area contributed by atoms with Crippen LogP contribution in [0.5, 0.6) is 5.75 Å². The monoisotopic (exact) mass is 261 g/mol. The van der Waals surface area contributed by atoms with E-state index in [0.29, 0.717) is 12.2 Å². The summed E-state index contributed by atoms with van der Waals surface area (Å²) in [5.41, 5.74) is 7.20. The third-order valence-corrected chi connectivity index (χ3v) is 2.67. The van der Waals surface area contributed by atoms with E-state index in [1.54, 1.807) is 12.1 Å². The van der Waals surface area contributed by atoms with Gasteiger partial charge in [0.25, 0.3) is 0 Å². The maximum Gasteiger partial charge on any atom is 0.189 e. The van der Waals surface area contributed by atoms with Crippen molar-refractivity contribution in [2.45, 2.75) is 13.2 Å². The van der Waals surface area contributed by atoms with E-state index in [2.05, 4.69) is 0 Å². The normalized spacial score (nSPS) is 10.4. The Morgan fingerprint density at radius 2 is 1.79 bits per heavy atom. The molecule has 100 valence electrons. The van der Waals surface area contributed by atoms with E-state index >= 15 is 0 Å². The first-order valence-corrected chi connectivity index (χ1v) is 6.03. The minimum atomic E-state index is -0.425. The van der Waals surface area contributed by atoms with Crippen molar-refractivity contribution in [3.8, 4) is 5.75 Å². The van der Waals surface area contributed by atoms with Crippen LogP contribution in [0, 0.1) is 5.82 Å². The van der Waals surface area contributed by atoms with Gasteiger partial charge in [-0.15, -0.1) is 0 Å². The highest BCUT2D eigenvalue weighted by molar-refractivity contribution is 5.34. The summed E-state index contributed by atoms with van der Waals surface area (Å²) in [6.45, 7) is 0.641. The van der Waals surface area contributed by atoms with Gasteiger partial charge in [0, 0.05) is 12.1 Å². The van der Waals surface area contributed by atoms with E-state index in [1.165, 1.54) is 6.07 Å². The lowest BCUT2D eigenvalue weighted by Gasteiger charge is -2.11. The van der Waals surface area contributed by atoms with Gasteiger partial charge in [0.15, 0.2) is 18.4 Å². The second-order valence-electron chi connectivity index (χ2n) is 4.03. The van der Waals surface area contributed by atoms with E-state index in [1.807, 2.05) is 30.3 Å². The van der Waals surface area contributed by atoms with Crippen molar-refractivity contribution < 1.29 is 13.9 Å². The number of para-hydroxylation sites is 1. The number of hydrogen-bond donors (Lipinski definition) is 1. The Balaban J connectivity index is 1.86. The minimum Gasteiger partial charge on any atom is -0.464 e. The summed E-state index contributed by atoms with van der Waals surface area (Å²) in [6.07, 6.45) is 0.